The lowest BCUT2D eigenvalue weighted by Gasteiger charge is -2.37. The van der Waals surface area contributed by atoms with Gasteiger partial charge in [-0.15, -0.1) is 0 Å². The van der Waals surface area contributed by atoms with Crippen LogP contribution in [0, 0.1) is 11.3 Å². The molecule has 0 amide bonds. The first kappa shape index (κ1) is 12.8. The SMILES string of the molecule is CC1=C(CCC(C)C)C(C)(C)CC(O)C1. The lowest BCUT2D eigenvalue weighted by atomic mass is 9.70. The van der Waals surface area contributed by atoms with Crippen LogP contribution in [-0.4, -0.2) is 11.2 Å². The van der Waals surface area contributed by atoms with Crippen LogP contribution >= 0.6 is 0 Å². The van der Waals surface area contributed by atoms with E-state index in [0.717, 1.165) is 18.8 Å². The molecule has 0 aromatic rings. The van der Waals surface area contributed by atoms with Crippen molar-refractivity contribution in [2.45, 2.75) is 66.4 Å². The fourth-order valence-electron chi connectivity index (χ4n) is 2.82. The standard InChI is InChI=1S/C14H26O/c1-10(2)6-7-13-11(3)8-12(15)9-14(13,4)5/h10,12,15H,6-9H2,1-5H3. The van der Waals surface area contributed by atoms with E-state index < -0.39 is 0 Å². The molecule has 0 saturated carbocycles. The van der Waals surface area contributed by atoms with E-state index in [1.807, 2.05) is 0 Å². The van der Waals surface area contributed by atoms with Gasteiger partial charge in [-0.1, -0.05) is 38.8 Å². The van der Waals surface area contributed by atoms with Gasteiger partial charge in [0.2, 0.25) is 0 Å². The molecular weight excluding hydrogens is 184 g/mol. The van der Waals surface area contributed by atoms with Crippen LogP contribution in [-0.2, 0) is 0 Å². The van der Waals surface area contributed by atoms with Crippen molar-refractivity contribution in [2.24, 2.45) is 11.3 Å². The van der Waals surface area contributed by atoms with Crippen LogP contribution in [0.1, 0.15) is 60.3 Å². The van der Waals surface area contributed by atoms with Crippen molar-refractivity contribution in [1.29, 1.82) is 0 Å². The zero-order valence-corrected chi connectivity index (χ0v) is 10.9. The number of aliphatic hydroxyl groups is 1. The van der Waals surface area contributed by atoms with Crippen molar-refractivity contribution in [3.05, 3.63) is 11.1 Å². The topological polar surface area (TPSA) is 20.2 Å². The molecule has 0 aliphatic heterocycles. The molecule has 1 aliphatic rings. The number of hydrogen-bond donors (Lipinski definition) is 1. The Bertz CT molecular complexity index is 248. The lowest BCUT2D eigenvalue weighted by Crippen LogP contribution is -2.29. The third-order valence-corrected chi connectivity index (χ3v) is 3.59. The van der Waals surface area contributed by atoms with Gasteiger partial charge in [-0.2, -0.15) is 0 Å². The van der Waals surface area contributed by atoms with Crippen LogP contribution in [0.3, 0.4) is 0 Å². The Morgan fingerprint density at radius 2 is 2.00 bits per heavy atom. The normalized spacial score (nSPS) is 26.2. The molecule has 0 heterocycles. The van der Waals surface area contributed by atoms with Gasteiger partial charge in [-0.3, -0.25) is 0 Å². The maximum atomic E-state index is 9.78. The Labute approximate surface area is 94.6 Å². The monoisotopic (exact) mass is 210 g/mol. The van der Waals surface area contributed by atoms with Crippen molar-refractivity contribution < 1.29 is 5.11 Å². The molecule has 1 heteroatoms. The minimum atomic E-state index is -0.122. The minimum absolute atomic E-state index is 0.122. The summed E-state index contributed by atoms with van der Waals surface area (Å²) >= 11 is 0. The van der Waals surface area contributed by atoms with Gasteiger partial charge in [0.05, 0.1) is 6.10 Å². The molecule has 15 heavy (non-hydrogen) atoms. The van der Waals surface area contributed by atoms with Crippen molar-refractivity contribution in [2.75, 3.05) is 0 Å². The second kappa shape index (κ2) is 4.69. The highest BCUT2D eigenvalue weighted by molar-refractivity contribution is 5.23. The van der Waals surface area contributed by atoms with Gasteiger partial charge in [0, 0.05) is 0 Å². The summed E-state index contributed by atoms with van der Waals surface area (Å²) in [6.07, 6.45) is 4.17. The maximum absolute atomic E-state index is 9.78. The fourth-order valence-corrected chi connectivity index (χ4v) is 2.82. The highest BCUT2D eigenvalue weighted by atomic mass is 16.3. The molecule has 1 unspecified atom stereocenters. The molecule has 1 N–H and O–H groups in total. The van der Waals surface area contributed by atoms with Gasteiger partial charge in [0.15, 0.2) is 0 Å². The third kappa shape index (κ3) is 3.34. The predicted molar refractivity (Wildman–Crippen MR) is 65.8 cm³/mol. The molecule has 0 spiro atoms. The van der Waals surface area contributed by atoms with Crippen LogP contribution in [0.2, 0.25) is 0 Å². The molecule has 1 nitrogen and oxygen atoms in total. The third-order valence-electron chi connectivity index (χ3n) is 3.59. The van der Waals surface area contributed by atoms with E-state index in [-0.39, 0.29) is 11.5 Å². The smallest absolute Gasteiger partial charge is 0.0585 e. The summed E-state index contributed by atoms with van der Waals surface area (Å²) < 4.78 is 0. The highest BCUT2D eigenvalue weighted by Crippen LogP contribution is 2.42. The molecule has 1 rings (SSSR count). The number of allylic oxidation sites excluding steroid dienone is 1. The molecule has 1 aliphatic carbocycles. The summed E-state index contributed by atoms with van der Waals surface area (Å²) in [6, 6.07) is 0. The van der Waals surface area contributed by atoms with E-state index in [0.29, 0.717) is 0 Å². The summed E-state index contributed by atoms with van der Waals surface area (Å²) in [4.78, 5) is 0. The van der Waals surface area contributed by atoms with Crippen LogP contribution in [0.4, 0.5) is 0 Å². The summed E-state index contributed by atoms with van der Waals surface area (Å²) in [5.41, 5.74) is 3.23. The molecule has 0 radical (unpaired) electrons. The quantitative estimate of drug-likeness (QED) is 0.700. The van der Waals surface area contributed by atoms with Crippen LogP contribution in [0.15, 0.2) is 11.1 Å². The zero-order chi connectivity index (χ0) is 11.6. The Balaban J connectivity index is 2.77. The van der Waals surface area contributed by atoms with Gasteiger partial charge in [0.25, 0.3) is 0 Å². The molecule has 88 valence electrons. The van der Waals surface area contributed by atoms with E-state index in [9.17, 15) is 5.11 Å². The second-order valence-corrected chi connectivity index (χ2v) is 6.14. The van der Waals surface area contributed by atoms with Crippen LogP contribution in [0.5, 0.6) is 0 Å². The van der Waals surface area contributed by atoms with Gasteiger partial charge in [-0.25, -0.2) is 0 Å². The van der Waals surface area contributed by atoms with Crippen LogP contribution in [0.25, 0.3) is 0 Å². The van der Waals surface area contributed by atoms with Gasteiger partial charge in [0.1, 0.15) is 0 Å². The van der Waals surface area contributed by atoms with Crippen molar-refractivity contribution in [1.82, 2.24) is 0 Å². The summed E-state index contributed by atoms with van der Waals surface area (Å²) in [6.45, 7) is 11.3. The summed E-state index contributed by atoms with van der Waals surface area (Å²) in [7, 11) is 0. The first-order valence-electron chi connectivity index (χ1n) is 6.20. The Hall–Kier alpha value is -0.300. The van der Waals surface area contributed by atoms with E-state index in [4.69, 9.17) is 0 Å². The number of hydrogen-bond acceptors (Lipinski definition) is 1. The molecule has 0 saturated heterocycles. The Morgan fingerprint density at radius 3 is 2.47 bits per heavy atom. The van der Waals surface area contributed by atoms with Crippen molar-refractivity contribution in [3.63, 3.8) is 0 Å². The molecule has 0 fully saturated rings. The van der Waals surface area contributed by atoms with E-state index >= 15 is 0 Å². The van der Waals surface area contributed by atoms with Crippen molar-refractivity contribution >= 4 is 0 Å². The molecular formula is C14H26O. The second-order valence-electron chi connectivity index (χ2n) is 6.14. The van der Waals surface area contributed by atoms with Crippen LogP contribution < -0.4 is 0 Å². The molecule has 0 aromatic carbocycles. The van der Waals surface area contributed by atoms with Gasteiger partial charge in [-0.05, 0) is 43.9 Å². The van der Waals surface area contributed by atoms with E-state index in [2.05, 4.69) is 34.6 Å². The predicted octanol–water partition coefficient (Wildman–Crippen LogP) is 3.92. The van der Waals surface area contributed by atoms with Crippen molar-refractivity contribution in [3.8, 4) is 0 Å². The van der Waals surface area contributed by atoms with E-state index in [1.165, 1.54) is 18.4 Å². The Kier molecular flexibility index (Phi) is 3.99. The summed E-state index contributed by atoms with van der Waals surface area (Å²) in [5, 5.41) is 9.78. The average molecular weight is 210 g/mol. The first-order chi connectivity index (χ1) is 6.83. The Morgan fingerprint density at radius 1 is 1.40 bits per heavy atom. The van der Waals surface area contributed by atoms with E-state index in [1.54, 1.807) is 5.57 Å². The first-order valence-corrected chi connectivity index (χ1v) is 6.20. The maximum Gasteiger partial charge on any atom is 0.0585 e. The molecule has 0 bridgehead atoms. The zero-order valence-electron chi connectivity index (χ0n) is 10.9. The number of rotatable bonds is 3. The van der Waals surface area contributed by atoms with Gasteiger partial charge >= 0.3 is 0 Å². The number of aliphatic hydroxyl groups excluding tert-OH is 1. The molecule has 1 atom stereocenters. The van der Waals surface area contributed by atoms with Gasteiger partial charge < -0.3 is 5.11 Å². The average Bonchev–Trinajstić information content (AvgIpc) is 1.98. The minimum Gasteiger partial charge on any atom is -0.393 e. The summed E-state index contributed by atoms with van der Waals surface area (Å²) in [5.74, 6) is 0.771. The highest BCUT2D eigenvalue weighted by Gasteiger charge is 2.32. The fraction of sp³-hybridized carbons (Fsp3) is 0.857. The lowest BCUT2D eigenvalue weighted by molar-refractivity contribution is 0.112. The molecule has 0 aromatic heterocycles. The largest absolute Gasteiger partial charge is 0.393 e.